The van der Waals surface area contributed by atoms with E-state index in [-0.39, 0.29) is 11.7 Å². The Morgan fingerprint density at radius 3 is 2.82 bits per heavy atom. The normalized spacial score (nSPS) is 23.6. The molecule has 1 aromatic rings. The first kappa shape index (κ1) is 11.9. The monoisotopic (exact) mass is 238 g/mol. The zero-order valence-corrected chi connectivity index (χ0v) is 9.65. The number of hydrogen-bond donors (Lipinski definition) is 1. The Kier molecular flexibility index (Phi) is 3.31. The number of ether oxygens (including phenoxy) is 1. The van der Waals surface area contributed by atoms with E-state index < -0.39 is 11.9 Å². The van der Waals surface area contributed by atoms with Crippen LogP contribution in [0.3, 0.4) is 0 Å². The van der Waals surface area contributed by atoms with Crippen molar-refractivity contribution in [3.05, 3.63) is 29.6 Å². The summed E-state index contributed by atoms with van der Waals surface area (Å²) in [6.07, 6.45) is 2.21. The largest absolute Gasteiger partial charge is 0.497 e. The fourth-order valence-corrected chi connectivity index (χ4v) is 2.56. The van der Waals surface area contributed by atoms with Crippen molar-refractivity contribution in [2.75, 3.05) is 7.11 Å². The van der Waals surface area contributed by atoms with Crippen LogP contribution in [-0.2, 0) is 4.79 Å². The fourth-order valence-electron chi connectivity index (χ4n) is 2.56. The lowest BCUT2D eigenvalue weighted by Crippen LogP contribution is -2.17. The first-order valence-electron chi connectivity index (χ1n) is 5.69. The number of carbonyl (C=O) groups is 1. The van der Waals surface area contributed by atoms with Gasteiger partial charge in [0.05, 0.1) is 13.0 Å². The molecule has 1 saturated carbocycles. The van der Waals surface area contributed by atoms with E-state index in [1.54, 1.807) is 12.1 Å². The second-order valence-corrected chi connectivity index (χ2v) is 4.37. The van der Waals surface area contributed by atoms with Crippen molar-refractivity contribution >= 4 is 5.97 Å². The number of carboxylic acid groups (broad SMARTS) is 1. The predicted octanol–water partition coefficient (Wildman–Crippen LogP) is 2.80. The molecule has 2 atom stereocenters. The second-order valence-electron chi connectivity index (χ2n) is 4.37. The summed E-state index contributed by atoms with van der Waals surface area (Å²) in [6.45, 7) is 0. The highest BCUT2D eigenvalue weighted by molar-refractivity contribution is 5.72. The van der Waals surface area contributed by atoms with E-state index in [9.17, 15) is 9.18 Å². The zero-order valence-electron chi connectivity index (χ0n) is 9.65. The maximum atomic E-state index is 13.9. The Labute approximate surface area is 99.2 Å². The van der Waals surface area contributed by atoms with Gasteiger partial charge in [-0.15, -0.1) is 0 Å². The van der Waals surface area contributed by atoms with Crippen LogP contribution < -0.4 is 4.74 Å². The molecule has 3 nitrogen and oxygen atoms in total. The minimum Gasteiger partial charge on any atom is -0.497 e. The van der Waals surface area contributed by atoms with Crippen molar-refractivity contribution in [1.29, 1.82) is 0 Å². The van der Waals surface area contributed by atoms with Crippen molar-refractivity contribution in [2.24, 2.45) is 5.92 Å². The molecule has 92 valence electrons. The molecule has 0 amide bonds. The van der Waals surface area contributed by atoms with Crippen molar-refractivity contribution in [1.82, 2.24) is 0 Å². The molecule has 0 radical (unpaired) electrons. The van der Waals surface area contributed by atoms with E-state index in [2.05, 4.69) is 0 Å². The molecule has 1 N–H and O–H groups in total. The van der Waals surface area contributed by atoms with Gasteiger partial charge in [0.2, 0.25) is 0 Å². The van der Waals surface area contributed by atoms with Gasteiger partial charge in [-0.05, 0) is 24.5 Å². The average molecular weight is 238 g/mol. The maximum Gasteiger partial charge on any atom is 0.307 e. The van der Waals surface area contributed by atoms with Crippen LogP contribution in [0.25, 0.3) is 0 Å². The lowest BCUT2D eigenvalue weighted by molar-refractivity contribution is -0.142. The number of benzene rings is 1. The maximum absolute atomic E-state index is 13.9. The standard InChI is InChI=1S/C13H15FO3/c1-17-8-5-6-10(12(14)7-8)9-3-2-4-11(9)13(15)16/h5-7,9,11H,2-4H2,1H3,(H,15,16). The summed E-state index contributed by atoms with van der Waals surface area (Å²) in [4.78, 5) is 11.1. The summed E-state index contributed by atoms with van der Waals surface area (Å²) < 4.78 is 18.8. The molecule has 1 aliphatic rings. The molecular weight excluding hydrogens is 223 g/mol. The van der Waals surface area contributed by atoms with Gasteiger partial charge in [-0.3, -0.25) is 4.79 Å². The topological polar surface area (TPSA) is 46.5 Å². The molecule has 2 unspecified atom stereocenters. The third-order valence-electron chi connectivity index (χ3n) is 3.44. The minimum absolute atomic E-state index is 0.210. The van der Waals surface area contributed by atoms with Crippen molar-refractivity contribution < 1.29 is 19.0 Å². The molecule has 2 rings (SSSR count). The van der Waals surface area contributed by atoms with Gasteiger partial charge in [-0.1, -0.05) is 12.5 Å². The summed E-state index contributed by atoms with van der Waals surface area (Å²) >= 11 is 0. The van der Waals surface area contributed by atoms with Gasteiger partial charge in [-0.25, -0.2) is 4.39 Å². The first-order chi connectivity index (χ1) is 8.13. The minimum atomic E-state index is -0.831. The Morgan fingerprint density at radius 1 is 1.47 bits per heavy atom. The highest BCUT2D eigenvalue weighted by atomic mass is 19.1. The number of aliphatic carboxylic acids is 1. The summed E-state index contributed by atoms with van der Waals surface area (Å²) in [5, 5.41) is 9.09. The lowest BCUT2D eigenvalue weighted by Gasteiger charge is -2.17. The van der Waals surface area contributed by atoms with Gasteiger partial charge in [-0.2, -0.15) is 0 Å². The molecule has 0 aromatic heterocycles. The van der Waals surface area contributed by atoms with Gasteiger partial charge in [0.25, 0.3) is 0 Å². The average Bonchev–Trinajstić information content (AvgIpc) is 2.77. The molecule has 1 aliphatic carbocycles. The third-order valence-corrected chi connectivity index (χ3v) is 3.44. The van der Waals surface area contributed by atoms with Crippen LogP contribution in [-0.4, -0.2) is 18.2 Å². The summed E-state index contributed by atoms with van der Waals surface area (Å²) in [5.74, 6) is -1.42. The SMILES string of the molecule is COc1ccc(C2CCCC2C(=O)O)c(F)c1. The van der Waals surface area contributed by atoms with E-state index in [0.29, 0.717) is 17.7 Å². The Hall–Kier alpha value is -1.58. The van der Waals surface area contributed by atoms with E-state index in [1.807, 2.05) is 0 Å². The van der Waals surface area contributed by atoms with Crippen LogP contribution in [0.2, 0.25) is 0 Å². The molecule has 0 saturated heterocycles. The summed E-state index contributed by atoms with van der Waals surface area (Å²) in [5.41, 5.74) is 0.496. The number of methoxy groups -OCH3 is 1. The van der Waals surface area contributed by atoms with Crippen molar-refractivity contribution in [3.8, 4) is 5.75 Å². The van der Waals surface area contributed by atoms with Crippen LogP contribution in [0.1, 0.15) is 30.7 Å². The first-order valence-corrected chi connectivity index (χ1v) is 5.69. The van der Waals surface area contributed by atoms with Crippen LogP contribution in [0.5, 0.6) is 5.75 Å². The smallest absolute Gasteiger partial charge is 0.307 e. The molecule has 4 heteroatoms. The molecule has 0 bridgehead atoms. The Balaban J connectivity index is 2.30. The molecular formula is C13H15FO3. The zero-order chi connectivity index (χ0) is 12.4. The number of rotatable bonds is 3. The van der Waals surface area contributed by atoms with E-state index in [0.717, 1.165) is 12.8 Å². The predicted molar refractivity (Wildman–Crippen MR) is 60.7 cm³/mol. The van der Waals surface area contributed by atoms with Crippen LogP contribution in [0, 0.1) is 11.7 Å². The van der Waals surface area contributed by atoms with Crippen LogP contribution in [0.4, 0.5) is 4.39 Å². The molecule has 17 heavy (non-hydrogen) atoms. The number of hydrogen-bond acceptors (Lipinski definition) is 2. The van der Waals surface area contributed by atoms with E-state index in [1.165, 1.54) is 13.2 Å². The van der Waals surface area contributed by atoms with Gasteiger partial charge in [0.1, 0.15) is 11.6 Å². The van der Waals surface area contributed by atoms with Gasteiger partial charge in [0.15, 0.2) is 0 Å². The van der Waals surface area contributed by atoms with Crippen molar-refractivity contribution in [3.63, 3.8) is 0 Å². The van der Waals surface area contributed by atoms with Gasteiger partial charge < -0.3 is 9.84 Å². The quantitative estimate of drug-likeness (QED) is 0.880. The van der Waals surface area contributed by atoms with Gasteiger partial charge in [0, 0.05) is 12.0 Å². The van der Waals surface area contributed by atoms with Crippen molar-refractivity contribution in [2.45, 2.75) is 25.2 Å². The summed E-state index contributed by atoms with van der Waals surface area (Å²) in [7, 11) is 1.48. The molecule has 0 heterocycles. The number of carboxylic acids is 1. The second kappa shape index (κ2) is 4.73. The fraction of sp³-hybridized carbons (Fsp3) is 0.462. The molecule has 1 fully saturated rings. The third kappa shape index (κ3) is 2.25. The highest BCUT2D eigenvalue weighted by Gasteiger charge is 2.35. The van der Waals surface area contributed by atoms with Crippen LogP contribution in [0.15, 0.2) is 18.2 Å². The van der Waals surface area contributed by atoms with E-state index in [4.69, 9.17) is 9.84 Å². The Bertz CT molecular complexity index is 431. The molecule has 0 aliphatic heterocycles. The Morgan fingerprint density at radius 2 is 2.24 bits per heavy atom. The lowest BCUT2D eigenvalue weighted by atomic mass is 9.88. The number of halogens is 1. The summed E-state index contributed by atoms with van der Waals surface area (Å²) in [6, 6.07) is 4.63. The van der Waals surface area contributed by atoms with Crippen LogP contribution >= 0.6 is 0 Å². The van der Waals surface area contributed by atoms with Gasteiger partial charge >= 0.3 is 5.97 Å². The molecule has 1 aromatic carbocycles. The molecule has 0 spiro atoms. The van der Waals surface area contributed by atoms with E-state index >= 15 is 0 Å². The highest BCUT2D eigenvalue weighted by Crippen LogP contribution is 2.41.